The van der Waals surface area contributed by atoms with Gasteiger partial charge in [-0.05, 0) is 33.3 Å². The highest BCUT2D eigenvalue weighted by Crippen LogP contribution is 2.38. The van der Waals surface area contributed by atoms with Crippen molar-refractivity contribution in [2.75, 3.05) is 6.54 Å². The molecule has 0 spiro atoms. The highest BCUT2D eigenvalue weighted by Gasteiger charge is 2.50. The molecule has 1 aliphatic heterocycles. The van der Waals surface area contributed by atoms with Crippen LogP contribution in [0.4, 0.5) is 18.0 Å². The van der Waals surface area contributed by atoms with Gasteiger partial charge in [-0.2, -0.15) is 21.6 Å². The average Bonchev–Trinajstić information content (AvgIpc) is 2.60. The Labute approximate surface area is 132 Å². The molecule has 6 nitrogen and oxygen atoms in total. The molecule has 0 N–H and O–H groups in total. The molecule has 1 fully saturated rings. The zero-order valence-electron chi connectivity index (χ0n) is 12.9. The summed E-state index contributed by atoms with van der Waals surface area (Å²) in [6.45, 7) is 5.37. The first-order valence-electron chi connectivity index (χ1n) is 6.99. The minimum Gasteiger partial charge on any atom is -0.444 e. The molecule has 0 radical (unpaired) electrons. The van der Waals surface area contributed by atoms with Gasteiger partial charge in [0.15, 0.2) is 0 Å². The number of alkyl halides is 3. The van der Waals surface area contributed by atoms with E-state index in [0.29, 0.717) is 6.42 Å². The molecule has 10 heteroatoms. The van der Waals surface area contributed by atoms with Crippen molar-refractivity contribution in [3.63, 3.8) is 0 Å². The van der Waals surface area contributed by atoms with E-state index in [1.54, 1.807) is 20.8 Å². The third-order valence-electron chi connectivity index (χ3n) is 3.43. The first-order valence-corrected chi connectivity index (χ1v) is 8.40. The van der Waals surface area contributed by atoms with Gasteiger partial charge in [0.1, 0.15) is 11.4 Å². The van der Waals surface area contributed by atoms with Crippen LogP contribution < -0.4 is 0 Å². The Hall–Kier alpha value is -1.45. The maximum absolute atomic E-state index is 12.4. The van der Waals surface area contributed by atoms with Crippen molar-refractivity contribution in [2.24, 2.45) is 5.92 Å². The fraction of sp³-hybridized carbons (Fsp3) is 0.769. The van der Waals surface area contributed by atoms with Crippen molar-refractivity contribution in [1.82, 2.24) is 4.90 Å². The average molecular weight is 357 g/mol. The number of hydrogen-bond donors (Lipinski definition) is 0. The molecule has 1 aliphatic carbocycles. The van der Waals surface area contributed by atoms with E-state index in [4.69, 9.17) is 4.74 Å². The van der Waals surface area contributed by atoms with Gasteiger partial charge in [0.05, 0.1) is 0 Å². The molecule has 2 atom stereocenters. The highest BCUT2D eigenvalue weighted by atomic mass is 32.2. The number of fused-ring (bicyclic) bond motifs is 2. The number of ether oxygens (including phenoxy) is 1. The summed E-state index contributed by atoms with van der Waals surface area (Å²) in [6.07, 6.45) is 1.21. The Balaban J connectivity index is 2.06. The SMILES string of the molecule is CC(C)(C)OC(=O)N1CC2C=C(OS(=O)(=O)C(F)(F)F)CC1C2. The van der Waals surface area contributed by atoms with Crippen LogP contribution in [-0.4, -0.2) is 43.1 Å². The normalized spacial score (nSPS) is 25.1. The van der Waals surface area contributed by atoms with Crippen LogP contribution in [0.2, 0.25) is 0 Å². The van der Waals surface area contributed by atoms with Crippen LogP contribution in [0.1, 0.15) is 33.6 Å². The molecule has 0 aromatic rings. The van der Waals surface area contributed by atoms with Crippen molar-refractivity contribution in [3.05, 3.63) is 11.8 Å². The van der Waals surface area contributed by atoms with Crippen molar-refractivity contribution in [3.8, 4) is 0 Å². The molecule has 2 rings (SSSR count). The number of carbonyl (C=O) groups excluding carboxylic acids is 1. The molecule has 1 saturated heterocycles. The second kappa shape index (κ2) is 5.57. The summed E-state index contributed by atoms with van der Waals surface area (Å²) < 4.78 is 68.6. The maximum Gasteiger partial charge on any atom is 0.534 e. The topological polar surface area (TPSA) is 72.9 Å². The van der Waals surface area contributed by atoms with Crippen LogP contribution in [0.5, 0.6) is 0 Å². The predicted octanol–water partition coefficient (Wildman–Crippen LogP) is 2.77. The van der Waals surface area contributed by atoms with E-state index >= 15 is 0 Å². The molecular formula is C13H18F3NO5S. The summed E-state index contributed by atoms with van der Waals surface area (Å²) >= 11 is 0. The smallest absolute Gasteiger partial charge is 0.444 e. The van der Waals surface area contributed by atoms with Crippen molar-refractivity contribution in [1.29, 1.82) is 0 Å². The third kappa shape index (κ3) is 4.10. The van der Waals surface area contributed by atoms with E-state index in [9.17, 15) is 26.4 Å². The largest absolute Gasteiger partial charge is 0.534 e. The lowest BCUT2D eigenvalue weighted by atomic mass is 9.96. The monoisotopic (exact) mass is 357 g/mol. The van der Waals surface area contributed by atoms with Crippen molar-refractivity contribution >= 4 is 16.2 Å². The number of hydrogen-bond acceptors (Lipinski definition) is 5. The standard InChI is InChI=1S/C13H18F3NO5S/c1-12(2,3)21-11(18)17-7-8-4-9(17)6-10(5-8)22-23(19,20)13(14,15)16/h5,8-9H,4,6-7H2,1-3H3. The van der Waals surface area contributed by atoms with Gasteiger partial charge in [-0.25, -0.2) is 4.79 Å². The molecule has 0 aromatic carbocycles. The summed E-state index contributed by atoms with van der Waals surface area (Å²) in [6, 6.07) is -0.432. The van der Waals surface area contributed by atoms with Gasteiger partial charge in [-0.15, -0.1) is 0 Å². The predicted molar refractivity (Wildman–Crippen MR) is 73.6 cm³/mol. The van der Waals surface area contributed by atoms with E-state index in [2.05, 4.69) is 4.18 Å². The molecule has 1 heterocycles. The number of nitrogens with zero attached hydrogens (tertiary/aromatic N) is 1. The summed E-state index contributed by atoms with van der Waals surface area (Å²) in [4.78, 5) is 13.5. The lowest BCUT2D eigenvalue weighted by Gasteiger charge is -2.28. The summed E-state index contributed by atoms with van der Waals surface area (Å²) in [7, 11) is -5.69. The minimum atomic E-state index is -5.69. The second-order valence-electron chi connectivity index (χ2n) is 6.60. The number of carbonyl (C=O) groups is 1. The molecule has 2 bridgehead atoms. The summed E-state index contributed by atoms with van der Waals surface area (Å²) in [5, 5.41) is 0. The van der Waals surface area contributed by atoms with E-state index in [-0.39, 0.29) is 24.6 Å². The lowest BCUT2D eigenvalue weighted by molar-refractivity contribution is -0.0525. The zero-order chi connectivity index (χ0) is 17.6. The van der Waals surface area contributed by atoms with E-state index in [1.165, 1.54) is 11.0 Å². The highest BCUT2D eigenvalue weighted by molar-refractivity contribution is 7.87. The molecule has 2 aliphatic rings. The van der Waals surface area contributed by atoms with Gasteiger partial charge >= 0.3 is 21.7 Å². The van der Waals surface area contributed by atoms with Gasteiger partial charge in [-0.1, -0.05) is 0 Å². The van der Waals surface area contributed by atoms with Gasteiger partial charge < -0.3 is 13.8 Å². The van der Waals surface area contributed by atoms with Crippen LogP contribution in [-0.2, 0) is 19.0 Å². The van der Waals surface area contributed by atoms with Gasteiger partial charge in [-0.3, -0.25) is 0 Å². The van der Waals surface area contributed by atoms with Crippen molar-refractivity contribution < 1.29 is 35.3 Å². The van der Waals surface area contributed by atoms with Crippen molar-refractivity contribution in [2.45, 2.75) is 50.8 Å². The Morgan fingerprint density at radius 2 is 1.91 bits per heavy atom. The Bertz CT molecular complexity index is 621. The van der Waals surface area contributed by atoms with Crippen LogP contribution >= 0.6 is 0 Å². The quantitative estimate of drug-likeness (QED) is 0.561. The van der Waals surface area contributed by atoms with Gasteiger partial charge in [0.2, 0.25) is 0 Å². The number of amides is 1. The van der Waals surface area contributed by atoms with E-state index in [1.807, 2.05) is 0 Å². The fourth-order valence-electron chi connectivity index (χ4n) is 2.62. The molecule has 2 unspecified atom stereocenters. The molecule has 0 saturated carbocycles. The molecule has 1 amide bonds. The Morgan fingerprint density at radius 3 is 2.43 bits per heavy atom. The summed E-state index contributed by atoms with van der Waals surface area (Å²) in [5.41, 5.74) is -6.17. The minimum absolute atomic E-state index is 0.0922. The maximum atomic E-state index is 12.4. The van der Waals surface area contributed by atoms with Gasteiger partial charge in [0, 0.05) is 24.9 Å². The fourth-order valence-corrected chi connectivity index (χ4v) is 3.12. The van der Waals surface area contributed by atoms with E-state index < -0.39 is 33.4 Å². The molecular weight excluding hydrogens is 339 g/mol. The first-order chi connectivity index (χ1) is 10.3. The number of likely N-dealkylation sites (tertiary alicyclic amines) is 1. The van der Waals surface area contributed by atoms with E-state index in [0.717, 1.165) is 0 Å². The number of halogens is 3. The van der Waals surface area contributed by atoms with Crippen LogP contribution in [0, 0.1) is 5.92 Å². The second-order valence-corrected chi connectivity index (χ2v) is 8.14. The molecule has 0 aromatic heterocycles. The van der Waals surface area contributed by atoms with Gasteiger partial charge in [0.25, 0.3) is 0 Å². The zero-order valence-corrected chi connectivity index (χ0v) is 13.7. The summed E-state index contributed by atoms with van der Waals surface area (Å²) in [5.74, 6) is -0.533. The Morgan fingerprint density at radius 1 is 1.30 bits per heavy atom. The van der Waals surface area contributed by atoms with Crippen LogP contribution in [0.15, 0.2) is 11.8 Å². The molecule has 132 valence electrons. The first kappa shape index (κ1) is 17.9. The third-order valence-corrected chi connectivity index (χ3v) is 4.43. The number of rotatable bonds is 2. The lowest BCUT2D eigenvalue weighted by Crippen LogP contribution is -2.40. The Kier molecular flexibility index (Phi) is 4.33. The molecule has 23 heavy (non-hydrogen) atoms. The van der Waals surface area contributed by atoms with Crippen LogP contribution in [0.25, 0.3) is 0 Å². The van der Waals surface area contributed by atoms with Crippen LogP contribution in [0.3, 0.4) is 0 Å².